The van der Waals surface area contributed by atoms with Crippen molar-refractivity contribution in [1.82, 2.24) is 0 Å². The van der Waals surface area contributed by atoms with Gasteiger partial charge in [-0.2, -0.15) is 0 Å². The molecule has 0 amide bonds. The van der Waals surface area contributed by atoms with Crippen molar-refractivity contribution >= 4 is 14.6 Å². The Hall–Kier alpha value is -0.533. The Labute approximate surface area is 97.7 Å². The van der Waals surface area contributed by atoms with Gasteiger partial charge in [-0.25, -0.2) is 0 Å². The van der Waals surface area contributed by atoms with Crippen LogP contribution in [0.3, 0.4) is 0 Å². The van der Waals surface area contributed by atoms with E-state index in [-0.39, 0.29) is 12.4 Å². The van der Waals surface area contributed by atoms with Crippen molar-refractivity contribution in [2.24, 2.45) is 0 Å². The predicted molar refractivity (Wildman–Crippen MR) is 62.2 cm³/mol. The molecule has 16 heavy (non-hydrogen) atoms. The fourth-order valence-electron chi connectivity index (χ4n) is 1.15. The van der Waals surface area contributed by atoms with E-state index < -0.39 is 8.80 Å². The van der Waals surface area contributed by atoms with Crippen molar-refractivity contribution in [1.29, 1.82) is 0 Å². The van der Waals surface area contributed by atoms with Crippen LogP contribution in [0.15, 0.2) is 12.7 Å². The molecule has 0 aromatic carbocycles. The van der Waals surface area contributed by atoms with E-state index in [1.807, 2.05) is 0 Å². The van der Waals surface area contributed by atoms with Crippen LogP contribution in [0.1, 0.15) is 6.42 Å². The molecule has 0 unspecified atom stereocenters. The number of methoxy groups -OCH3 is 1. The van der Waals surface area contributed by atoms with Gasteiger partial charge in [-0.3, -0.25) is 4.79 Å². The van der Waals surface area contributed by atoms with Gasteiger partial charge >= 0.3 is 8.80 Å². The molecular weight excluding hydrogens is 228 g/mol. The van der Waals surface area contributed by atoms with Crippen LogP contribution in [0.4, 0.5) is 0 Å². The number of hydrogen-bond acceptors (Lipinski definition) is 5. The van der Waals surface area contributed by atoms with Crippen LogP contribution >= 0.6 is 0 Å². The molecule has 94 valence electrons. The van der Waals surface area contributed by atoms with Gasteiger partial charge in [0.25, 0.3) is 0 Å². The fourth-order valence-corrected chi connectivity index (χ4v) is 3.04. The van der Waals surface area contributed by atoms with E-state index >= 15 is 0 Å². The van der Waals surface area contributed by atoms with E-state index in [2.05, 4.69) is 6.58 Å². The van der Waals surface area contributed by atoms with Crippen LogP contribution in [-0.4, -0.2) is 49.1 Å². The second kappa shape index (κ2) is 8.60. The summed E-state index contributed by atoms with van der Waals surface area (Å²) in [5.41, 5.74) is 0. The Bertz CT molecular complexity index is 215. The minimum absolute atomic E-state index is 0.0512. The first-order valence-electron chi connectivity index (χ1n) is 5.02. The molecule has 0 atom stereocenters. The van der Waals surface area contributed by atoms with Crippen LogP contribution in [0.2, 0.25) is 6.04 Å². The first kappa shape index (κ1) is 15.5. The van der Waals surface area contributed by atoms with E-state index in [0.717, 1.165) is 6.42 Å². The molecule has 0 aromatic heterocycles. The summed E-state index contributed by atoms with van der Waals surface area (Å²) >= 11 is 0. The van der Waals surface area contributed by atoms with Gasteiger partial charge in [0.2, 0.25) is 0 Å². The summed E-state index contributed by atoms with van der Waals surface area (Å²) < 4.78 is 21.0. The molecule has 0 saturated heterocycles. The minimum Gasteiger partial charge on any atom is -0.385 e. The second-order valence-electron chi connectivity index (χ2n) is 3.15. The van der Waals surface area contributed by atoms with Gasteiger partial charge in [-0.05, 0) is 12.5 Å². The number of carbonyl (C=O) groups is 1. The summed E-state index contributed by atoms with van der Waals surface area (Å²) in [6.07, 6.45) is 1.99. The van der Waals surface area contributed by atoms with Crippen LogP contribution < -0.4 is 0 Å². The standard InChI is InChI=1S/C10H20O5Si/c1-5-10(11)9-15-16(13-3,14-4)8-6-7-12-2/h5H,1,6-9H2,2-4H3. The Morgan fingerprint density at radius 1 is 1.31 bits per heavy atom. The average Bonchev–Trinajstić information content (AvgIpc) is 2.33. The van der Waals surface area contributed by atoms with Crippen molar-refractivity contribution in [3.8, 4) is 0 Å². The highest BCUT2D eigenvalue weighted by atomic mass is 28.4. The largest absolute Gasteiger partial charge is 0.500 e. The third kappa shape index (κ3) is 5.52. The van der Waals surface area contributed by atoms with Gasteiger partial charge in [0, 0.05) is 34.0 Å². The molecule has 0 bridgehead atoms. The molecule has 0 heterocycles. The lowest BCUT2D eigenvalue weighted by atomic mass is 10.4. The maximum absolute atomic E-state index is 11.1. The van der Waals surface area contributed by atoms with Crippen LogP contribution in [0.5, 0.6) is 0 Å². The van der Waals surface area contributed by atoms with Crippen LogP contribution in [-0.2, 0) is 22.8 Å². The first-order valence-corrected chi connectivity index (χ1v) is 6.95. The zero-order valence-electron chi connectivity index (χ0n) is 10.2. The van der Waals surface area contributed by atoms with E-state index in [1.54, 1.807) is 7.11 Å². The zero-order valence-corrected chi connectivity index (χ0v) is 11.2. The molecule has 0 aliphatic rings. The van der Waals surface area contributed by atoms with Crippen LogP contribution in [0.25, 0.3) is 0 Å². The molecule has 0 fully saturated rings. The van der Waals surface area contributed by atoms with Crippen molar-refractivity contribution in [3.63, 3.8) is 0 Å². The number of ketones is 1. The summed E-state index contributed by atoms with van der Waals surface area (Å²) in [7, 11) is 1.98. The fraction of sp³-hybridized carbons (Fsp3) is 0.700. The highest BCUT2D eigenvalue weighted by Crippen LogP contribution is 2.16. The molecule has 0 spiro atoms. The van der Waals surface area contributed by atoms with Gasteiger partial charge in [0.1, 0.15) is 6.61 Å². The highest BCUT2D eigenvalue weighted by Gasteiger charge is 2.38. The number of rotatable bonds is 10. The SMILES string of the molecule is C=CC(=O)CO[Si](CCCOC)(OC)OC. The Morgan fingerprint density at radius 2 is 1.94 bits per heavy atom. The third-order valence-corrected chi connectivity index (χ3v) is 4.91. The predicted octanol–water partition coefficient (Wildman–Crippen LogP) is 1.03. The average molecular weight is 248 g/mol. The van der Waals surface area contributed by atoms with Crippen molar-refractivity contribution < 1.29 is 22.8 Å². The van der Waals surface area contributed by atoms with E-state index in [1.165, 1.54) is 20.3 Å². The topological polar surface area (TPSA) is 54.0 Å². The molecule has 0 N–H and O–H groups in total. The molecular formula is C10H20O5Si. The normalized spacial score (nSPS) is 11.4. The Balaban J connectivity index is 4.19. The quantitative estimate of drug-likeness (QED) is 0.328. The lowest BCUT2D eigenvalue weighted by Crippen LogP contribution is -2.45. The lowest BCUT2D eigenvalue weighted by molar-refractivity contribution is -0.117. The molecule has 0 saturated carbocycles. The third-order valence-electron chi connectivity index (χ3n) is 2.12. The Kier molecular flexibility index (Phi) is 8.31. The van der Waals surface area contributed by atoms with Crippen LogP contribution in [0, 0.1) is 0 Å². The van der Waals surface area contributed by atoms with Gasteiger partial charge in [-0.1, -0.05) is 6.58 Å². The lowest BCUT2D eigenvalue weighted by Gasteiger charge is -2.25. The Morgan fingerprint density at radius 3 is 2.38 bits per heavy atom. The second-order valence-corrected chi connectivity index (χ2v) is 6.12. The zero-order chi connectivity index (χ0) is 12.4. The van der Waals surface area contributed by atoms with Crippen molar-refractivity contribution in [2.75, 3.05) is 34.5 Å². The molecule has 0 rings (SSSR count). The van der Waals surface area contributed by atoms with Gasteiger partial charge in [-0.15, -0.1) is 0 Å². The number of hydrogen-bond donors (Lipinski definition) is 0. The molecule has 0 aliphatic carbocycles. The summed E-state index contributed by atoms with van der Waals surface area (Å²) in [4.78, 5) is 11.1. The van der Waals surface area contributed by atoms with E-state index in [0.29, 0.717) is 12.7 Å². The molecule has 0 radical (unpaired) electrons. The number of carbonyl (C=O) groups excluding carboxylic acids is 1. The minimum atomic E-state index is -2.71. The molecule has 0 aromatic rings. The van der Waals surface area contributed by atoms with Gasteiger partial charge in [0.05, 0.1) is 0 Å². The molecule has 0 aliphatic heterocycles. The van der Waals surface area contributed by atoms with Crippen molar-refractivity contribution in [2.45, 2.75) is 12.5 Å². The monoisotopic (exact) mass is 248 g/mol. The summed E-state index contributed by atoms with van der Waals surface area (Å²) in [6.45, 7) is 3.93. The van der Waals surface area contributed by atoms with Crippen molar-refractivity contribution in [3.05, 3.63) is 12.7 Å². The molecule has 6 heteroatoms. The smallest absolute Gasteiger partial charge is 0.385 e. The summed E-state index contributed by atoms with van der Waals surface area (Å²) in [5.74, 6) is -0.183. The first-order chi connectivity index (χ1) is 7.64. The van der Waals surface area contributed by atoms with Gasteiger partial charge in [0.15, 0.2) is 5.78 Å². The molecule has 5 nitrogen and oxygen atoms in total. The number of ether oxygens (including phenoxy) is 1. The maximum atomic E-state index is 11.1. The highest BCUT2D eigenvalue weighted by molar-refractivity contribution is 6.60. The summed E-state index contributed by atoms with van der Waals surface area (Å²) in [5, 5.41) is 0. The van der Waals surface area contributed by atoms with E-state index in [4.69, 9.17) is 18.0 Å². The van der Waals surface area contributed by atoms with E-state index in [9.17, 15) is 4.79 Å². The maximum Gasteiger partial charge on any atom is 0.500 e. The van der Waals surface area contributed by atoms with Gasteiger partial charge < -0.3 is 18.0 Å². The summed E-state index contributed by atoms with van der Waals surface area (Å²) in [6, 6.07) is 0.623.